The molecule has 5 atom stereocenters. The number of nitrogen functional groups attached to an aromatic ring is 1. The molecule has 5 unspecified atom stereocenters. The van der Waals surface area contributed by atoms with E-state index in [-0.39, 0.29) is 23.0 Å². The van der Waals surface area contributed by atoms with Crippen LogP contribution in [0.4, 0.5) is 10.3 Å². The van der Waals surface area contributed by atoms with Crippen LogP contribution in [0.1, 0.15) is 33.9 Å². The molecule has 4 rings (SSSR count). The second-order valence-corrected chi connectivity index (χ2v) is 9.06. The normalized spacial score (nSPS) is 36.4. The van der Waals surface area contributed by atoms with Crippen LogP contribution in [0, 0.1) is 0 Å². The molecule has 2 fully saturated rings. The van der Waals surface area contributed by atoms with Gasteiger partial charge in [-0.1, -0.05) is 0 Å². The number of alkyl halides is 1. The first-order valence-corrected chi connectivity index (χ1v) is 10.8. The van der Waals surface area contributed by atoms with Crippen molar-refractivity contribution < 1.29 is 37.1 Å². The van der Waals surface area contributed by atoms with Gasteiger partial charge in [-0.25, -0.2) is 13.9 Å². The Kier molecular flexibility index (Phi) is 5.03. The summed E-state index contributed by atoms with van der Waals surface area (Å²) in [4.78, 5) is 12.3. The fourth-order valence-electron chi connectivity index (χ4n) is 3.52. The van der Waals surface area contributed by atoms with E-state index in [2.05, 4.69) is 15.0 Å². The number of hydrogen-bond donors (Lipinski definition) is 2. The lowest BCUT2D eigenvalue weighted by molar-refractivity contribution is -0.220. The molecular formula is C16H23FN5O7P. The monoisotopic (exact) mass is 447 g/mol. The molecule has 2 saturated heterocycles. The number of nitrogens with zero attached hydrogens (tertiary/aromatic N) is 4. The van der Waals surface area contributed by atoms with Crippen LogP contribution >= 0.6 is 7.82 Å². The lowest BCUT2D eigenvalue weighted by Crippen LogP contribution is -2.52. The van der Waals surface area contributed by atoms with Gasteiger partial charge in [-0.05, 0) is 27.7 Å². The fourth-order valence-corrected chi connectivity index (χ4v) is 5.17. The molecule has 0 aliphatic carbocycles. The van der Waals surface area contributed by atoms with Gasteiger partial charge < -0.3 is 20.3 Å². The smallest absolute Gasteiger partial charge is 0.475 e. The molecule has 0 bridgehead atoms. The van der Waals surface area contributed by atoms with Crippen molar-refractivity contribution in [3.05, 3.63) is 6.33 Å². The van der Waals surface area contributed by atoms with E-state index in [0.29, 0.717) is 6.61 Å². The van der Waals surface area contributed by atoms with Crippen LogP contribution < -0.4 is 10.5 Å². The number of anilines is 1. The van der Waals surface area contributed by atoms with Crippen molar-refractivity contribution in [3.63, 3.8) is 0 Å². The molecule has 0 amide bonds. The average Bonchev–Trinajstić information content (AvgIpc) is 3.13. The number of hydrogen-bond acceptors (Lipinski definition) is 11. The first kappa shape index (κ1) is 21.3. The lowest BCUT2D eigenvalue weighted by Gasteiger charge is -2.37. The van der Waals surface area contributed by atoms with Crippen LogP contribution in [-0.2, 0) is 22.9 Å². The Morgan fingerprint density at radius 2 is 2.23 bits per heavy atom. The zero-order valence-corrected chi connectivity index (χ0v) is 17.7. The number of imidazole rings is 1. The van der Waals surface area contributed by atoms with E-state index in [9.17, 15) is 9.67 Å². The fraction of sp³-hybridized carbons (Fsp3) is 0.688. The molecule has 2 aromatic heterocycles. The number of halogens is 1. The van der Waals surface area contributed by atoms with E-state index in [0.717, 1.165) is 0 Å². The van der Waals surface area contributed by atoms with Gasteiger partial charge in [0.25, 0.3) is 5.85 Å². The van der Waals surface area contributed by atoms with Crippen molar-refractivity contribution in [1.82, 2.24) is 19.5 Å². The van der Waals surface area contributed by atoms with Crippen LogP contribution in [0.15, 0.2) is 6.33 Å². The minimum Gasteiger partial charge on any atom is -0.476 e. The largest absolute Gasteiger partial charge is 0.476 e. The second-order valence-electron chi connectivity index (χ2n) is 7.49. The third kappa shape index (κ3) is 3.35. The Morgan fingerprint density at radius 1 is 1.50 bits per heavy atom. The zero-order chi connectivity index (χ0) is 21.9. The number of nitrogens with two attached hydrogens (primary N) is 1. The van der Waals surface area contributed by atoms with Crippen LogP contribution in [0.25, 0.3) is 11.2 Å². The first-order valence-electron chi connectivity index (χ1n) is 9.32. The quantitative estimate of drug-likeness (QED) is 0.644. The van der Waals surface area contributed by atoms with Crippen molar-refractivity contribution in [2.75, 3.05) is 18.9 Å². The molecule has 14 heteroatoms. The van der Waals surface area contributed by atoms with Crippen molar-refractivity contribution in [2.24, 2.45) is 0 Å². The topological polar surface area (TPSA) is 153 Å². The van der Waals surface area contributed by atoms with Gasteiger partial charge in [0.2, 0.25) is 11.8 Å². The molecule has 3 N–H and O–H groups in total. The number of rotatable bonds is 5. The number of phosphoric ester groups is 1. The van der Waals surface area contributed by atoms with Gasteiger partial charge in [0.1, 0.15) is 12.2 Å². The molecule has 4 heterocycles. The van der Waals surface area contributed by atoms with Gasteiger partial charge in [0.05, 0.1) is 19.0 Å². The summed E-state index contributed by atoms with van der Waals surface area (Å²) in [5, 5.41) is 11.2. The Hall–Kier alpha value is -1.89. The molecular weight excluding hydrogens is 424 g/mol. The zero-order valence-electron chi connectivity index (χ0n) is 16.8. The van der Waals surface area contributed by atoms with E-state index in [4.69, 9.17) is 28.8 Å². The third-order valence-corrected chi connectivity index (χ3v) is 6.26. The maximum Gasteiger partial charge on any atom is 0.475 e. The molecule has 166 valence electrons. The maximum absolute atomic E-state index is 15.5. The first-order chi connectivity index (χ1) is 14.0. The predicted octanol–water partition coefficient (Wildman–Crippen LogP) is 1.70. The van der Waals surface area contributed by atoms with Gasteiger partial charge in [-0.15, -0.1) is 0 Å². The van der Waals surface area contributed by atoms with Crippen LogP contribution in [0.2, 0.25) is 0 Å². The standard InChI is InChI=1S/C16H23FN5O7P/c1-5-25-11-9-10(20-14(18)21-11)22(7-19-9)13-15(4,23)12-16(17,27-13)6-26-30(24,29-12)28-8(2)3/h7-8,12-13,23H,5-6H2,1-4H3,(H2,18,20,21). The molecule has 0 aromatic carbocycles. The van der Waals surface area contributed by atoms with Crippen LogP contribution in [-0.4, -0.2) is 61.5 Å². The Balaban J connectivity index is 1.74. The minimum atomic E-state index is -4.11. The summed E-state index contributed by atoms with van der Waals surface area (Å²) in [6, 6.07) is 0. The SMILES string of the molecule is CCOc1nc(N)nc2c1ncn2C1OC2(F)COP(=O)(OC(C)C)OC2C1(C)O. The third-order valence-electron chi connectivity index (χ3n) is 4.66. The Bertz CT molecular complexity index is 1020. The number of phosphoric acid groups is 1. The number of fused-ring (bicyclic) bond motifs is 2. The summed E-state index contributed by atoms with van der Waals surface area (Å²) in [5.74, 6) is -2.56. The van der Waals surface area contributed by atoms with E-state index < -0.39 is 44.3 Å². The van der Waals surface area contributed by atoms with Crippen molar-refractivity contribution in [3.8, 4) is 5.88 Å². The van der Waals surface area contributed by atoms with Gasteiger partial charge >= 0.3 is 7.82 Å². The molecule has 2 aliphatic rings. The molecule has 30 heavy (non-hydrogen) atoms. The highest BCUT2D eigenvalue weighted by Crippen LogP contribution is 2.62. The number of aromatic nitrogens is 4. The van der Waals surface area contributed by atoms with Crippen LogP contribution in [0.5, 0.6) is 5.88 Å². The molecule has 0 radical (unpaired) electrons. The minimum absolute atomic E-state index is 0.105. The summed E-state index contributed by atoms with van der Waals surface area (Å²) in [5.41, 5.74) is 4.15. The van der Waals surface area contributed by atoms with E-state index in [1.54, 1.807) is 20.8 Å². The average molecular weight is 447 g/mol. The summed E-state index contributed by atoms with van der Waals surface area (Å²) in [7, 11) is -4.11. The van der Waals surface area contributed by atoms with Gasteiger partial charge in [-0.3, -0.25) is 18.1 Å². The lowest BCUT2D eigenvalue weighted by atomic mass is 9.95. The van der Waals surface area contributed by atoms with Crippen molar-refractivity contribution >= 4 is 24.9 Å². The molecule has 2 aromatic rings. The predicted molar refractivity (Wildman–Crippen MR) is 100 cm³/mol. The molecule has 0 spiro atoms. The second kappa shape index (κ2) is 7.08. The molecule has 0 saturated carbocycles. The summed E-state index contributed by atoms with van der Waals surface area (Å²) >= 11 is 0. The van der Waals surface area contributed by atoms with Crippen molar-refractivity contribution in [1.29, 1.82) is 0 Å². The number of ether oxygens (including phenoxy) is 2. The summed E-state index contributed by atoms with van der Waals surface area (Å²) < 4.78 is 55.9. The van der Waals surface area contributed by atoms with Gasteiger partial charge in [-0.2, -0.15) is 9.97 Å². The molecule has 12 nitrogen and oxygen atoms in total. The highest BCUT2D eigenvalue weighted by atomic mass is 31.2. The highest BCUT2D eigenvalue weighted by molar-refractivity contribution is 7.48. The molecule has 2 aliphatic heterocycles. The maximum atomic E-state index is 15.5. The number of aliphatic hydroxyl groups is 1. The highest BCUT2D eigenvalue weighted by Gasteiger charge is 2.69. The Morgan fingerprint density at radius 3 is 2.90 bits per heavy atom. The van der Waals surface area contributed by atoms with E-state index in [1.807, 2.05) is 0 Å². The van der Waals surface area contributed by atoms with Gasteiger partial charge in [0.15, 0.2) is 23.5 Å². The van der Waals surface area contributed by atoms with Crippen molar-refractivity contribution in [2.45, 2.75) is 57.6 Å². The van der Waals surface area contributed by atoms with E-state index >= 15 is 4.39 Å². The van der Waals surface area contributed by atoms with E-state index in [1.165, 1.54) is 17.8 Å². The Labute approximate surface area is 171 Å². The summed E-state index contributed by atoms with van der Waals surface area (Å²) in [6.45, 7) is 5.83. The van der Waals surface area contributed by atoms with Gasteiger partial charge in [0, 0.05) is 0 Å². The summed E-state index contributed by atoms with van der Waals surface area (Å²) in [6.07, 6.45) is -2.27. The van der Waals surface area contributed by atoms with Crippen LogP contribution in [0.3, 0.4) is 0 Å².